The number of carbonyl (C=O) groups excluding carboxylic acids is 1. The monoisotopic (exact) mass is 511 g/mol. The van der Waals surface area contributed by atoms with E-state index in [0.29, 0.717) is 6.54 Å². The highest BCUT2D eigenvalue weighted by Crippen LogP contribution is 2.39. The summed E-state index contributed by atoms with van der Waals surface area (Å²) in [6.07, 6.45) is 3.94. The van der Waals surface area contributed by atoms with Crippen molar-refractivity contribution in [3.63, 3.8) is 0 Å². The SMILES string of the molecule is COc1cc2c(cc1OC)C(CN1CCc3ccccc3C1)N(CC(=O)NC1CCc3ccccc31)CC2. The molecule has 1 N–H and O–H groups in total. The highest BCUT2D eigenvalue weighted by molar-refractivity contribution is 5.79. The van der Waals surface area contributed by atoms with Crippen LogP contribution in [0.25, 0.3) is 0 Å². The average molecular weight is 512 g/mol. The standard InChI is InChI=1S/C32H37N3O3/c1-37-30-17-24-14-16-35(21-32(36)33-28-12-11-23-8-5-6-10-26(23)28)29(27(24)18-31(30)38-2)20-34-15-13-22-7-3-4-9-25(22)19-34/h3-10,17-18,28-29H,11-16,19-21H2,1-2H3,(H,33,36). The number of nitrogens with one attached hydrogen (secondary N) is 1. The van der Waals surface area contributed by atoms with Gasteiger partial charge in [-0.3, -0.25) is 14.6 Å². The molecule has 1 aliphatic carbocycles. The van der Waals surface area contributed by atoms with E-state index < -0.39 is 0 Å². The van der Waals surface area contributed by atoms with E-state index in [-0.39, 0.29) is 18.0 Å². The molecule has 198 valence electrons. The smallest absolute Gasteiger partial charge is 0.234 e. The quantitative estimate of drug-likeness (QED) is 0.508. The zero-order valence-electron chi connectivity index (χ0n) is 22.4. The molecule has 0 aromatic heterocycles. The molecule has 3 aromatic carbocycles. The molecule has 2 atom stereocenters. The van der Waals surface area contributed by atoms with Crippen molar-refractivity contribution in [2.24, 2.45) is 0 Å². The lowest BCUT2D eigenvalue weighted by atomic mass is 9.90. The maximum absolute atomic E-state index is 13.4. The van der Waals surface area contributed by atoms with Crippen molar-refractivity contribution in [2.45, 2.75) is 44.3 Å². The van der Waals surface area contributed by atoms with Gasteiger partial charge in [0.15, 0.2) is 11.5 Å². The Balaban J connectivity index is 1.24. The summed E-state index contributed by atoms with van der Waals surface area (Å²) in [6, 6.07) is 21.7. The maximum Gasteiger partial charge on any atom is 0.234 e. The highest BCUT2D eigenvalue weighted by Gasteiger charge is 2.33. The largest absolute Gasteiger partial charge is 0.493 e. The Morgan fingerprint density at radius 2 is 1.55 bits per heavy atom. The molecule has 2 aliphatic heterocycles. The highest BCUT2D eigenvalue weighted by atomic mass is 16.5. The molecule has 3 aromatic rings. The minimum atomic E-state index is 0.101. The second-order valence-corrected chi connectivity index (χ2v) is 10.8. The molecule has 38 heavy (non-hydrogen) atoms. The molecule has 6 heteroatoms. The van der Waals surface area contributed by atoms with Crippen LogP contribution in [0.4, 0.5) is 0 Å². The molecule has 0 saturated heterocycles. The van der Waals surface area contributed by atoms with Crippen molar-refractivity contribution < 1.29 is 14.3 Å². The van der Waals surface area contributed by atoms with E-state index in [1.54, 1.807) is 14.2 Å². The van der Waals surface area contributed by atoms with Crippen LogP contribution in [0.15, 0.2) is 60.7 Å². The maximum atomic E-state index is 13.4. The number of aryl methyl sites for hydroxylation is 1. The summed E-state index contributed by atoms with van der Waals surface area (Å²) in [5.41, 5.74) is 8.01. The van der Waals surface area contributed by atoms with Gasteiger partial charge < -0.3 is 14.8 Å². The first-order valence-corrected chi connectivity index (χ1v) is 13.8. The van der Waals surface area contributed by atoms with Gasteiger partial charge in [0.2, 0.25) is 5.91 Å². The first-order valence-electron chi connectivity index (χ1n) is 13.8. The number of hydrogen-bond donors (Lipinski definition) is 1. The van der Waals surface area contributed by atoms with Gasteiger partial charge in [0, 0.05) is 32.2 Å². The number of benzene rings is 3. The lowest BCUT2D eigenvalue weighted by molar-refractivity contribution is -0.123. The van der Waals surface area contributed by atoms with E-state index in [1.807, 2.05) is 0 Å². The van der Waals surface area contributed by atoms with E-state index in [0.717, 1.165) is 63.4 Å². The van der Waals surface area contributed by atoms with Crippen LogP contribution in [0.3, 0.4) is 0 Å². The fourth-order valence-corrected chi connectivity index (χ4v) is 6.57. The third-order valence-electron chi connectivity index (χ3n) is 8.57. The first kappa shape index (κ1) is 25.0. The van der Waals surface area contributed by atoms with Crippen LogP contribution in [-0.4, -0.2) is 56.1 Å². The number of ether oxygens (including phenoxy) is 2. The van der Waals surface area contributed by atoms with E-state index in [1.165, 1.54) is 33.4 Å². The second-order valence-electron chi connectivity index (χ2n) is 10.8. The molecule has 0 spiro atoms. The Bertz CT molecular complexity index is 1320. The van der Waals surface area contributed by atoms with Gasteiger partial charge in [0.05, 0.1) is 26.8 Å². The van der Waals surface area contributed by atoms with E-state index in [4.69, 9.17) is 9.47 Å². The Hall–Kier alpha value is -3.35. The topological polar surface area (TPSA) is 54.0 Å². The van der Waals surface area contributed by atoms with Crippen LogP contribution >= 0.6 is 0 Å². The normalized spacial score (nSPS) is 20.8. The third-order valence-corrected chi connectivity index (χ3v) is 8.57. The number of fused-ring (bicyclic) bond motifs is 3. The minimum absolute atomic E-state index is 0.101. The molecule has 1 amide bonds. The molecule has 6 nitrogen and oxygen atoms in total. The first-order chi connectivity index (χ1) is 18.6. The molecule has 6 rings (SSSR count). The molecule has 0 saturated carbocycles. The molecule has 2 heterocycles. The van der Waals surface area contributed by atoms with Crippen molar-refractivity contribution in [3.8, 4) is 11.5 Å². The zero-order valence-corrected chi connectivity index (χ0v) is 22.4. The average Bonchev–Trinajstić information content (AvgIpc) is 3.36. The molecular weight excluding hydrogens is 474 g/mol. The molecule has 3 aliphatic rings. The summed E-state index contributed by atoms with van der Waals surface area (Å²) in [7, 11) is 3.38. The van der Waals surface area contributed by atoms with Gasteiger partial charge in [-0.2, -0.15) is 0 Å². The van der Waals surface area contributed by atoms with Gasteiger partial charge in [0.1, 0.15) is 0 Å². The predicted octanol–water partition coefficient (Wildman–Crippen LogP) is 4.47. The van der Waals surface area contributed by atoms with Crippen LogP contribution < -0.4 is 14.8 Å². The van der Waals surface area contributed by atoms with Crippen LogP contribution in [-0.2, 0) is 30.6 Å². The van der Waals surface area contributed by atoms with Crippen molar-refractivity contribution in [2.75, 3.05) is 40.4 Å². The van der Waals surface area contributed by atoms with Gasteiger partial charge in [0.25, 0.3) is 0 Å². The number of amides is 1. The summed E-state index contributed by atoms with van der Waals surface area (Å²) in [4.78, 5) is 18.3. The van der Waals surface area contributed by atoms with Gasteiger partial charge >= 0.3 is 0 Å². The molecule has 0 fully saturated rings. The summed E-state index contributed by atoms with van der Waals surface area (Å²) in [5, 5.41) is 3.35. The van der Waals surface area contributed by atoms with Gasteiger partial charge in [-0.05, 0) is 71.2 Å². The van der Waals surface area contributed by atoms with Gasteiger partial charge in [-0.25, -0.2) is 0 Å². The van der Waals surface area contributed by atoms with Crippen LogP contribution in [0.5, 0.6) is 11.5 Å². The van der Waals surface area contributed by atoms with E-state index in [2.05, 4.69) is 75.8 Å². The molecule has 0 bridgehead atoms. The lowest BCUT2D eigenvalue weighted by Gasteiger charge is -2.41. The van der Waals surface area contributed by atoms with E-state index >= 15 is 0 Å². The van der Waals surface area contributed by atoms with E-state index in [9.17, 15) is 4.79 Å². The number of nitrogens with zero attached hydrogens (tertiary/aromatic N) is 2. The number of methoxy groups -OCH3 is 2. The summed E-state index contributed by atoms with van der Waals surface area (Å²) in [5.74, 6) is 1.61. The Kier molecular flexibility index (Phi) is 7.09. The second kappa shape index (κ2) is 10.8. The van der Waals surface area contributed by atoms with Crippen molar-refractivity contribution in [1.29, 1.82) is 0 Å². The van der Waals surface area contributed by atoms with Crippen LogP contribution in [0.2, 0.25) is 0 Å². The molecule has 2 unspecified atom stereocenters. The number of carbonyl (C=O) groups is 1. The Morgan fingerprint density at radius 3 is 2.37 bits per heavy atom. The summed E-state index contributed by atoms with van der Waals surface area (Å²) >= 11 is 0. The fraction of sp³-hybridized carbons (Fsp3) is 0.406. The van der Waals surface area contributed by atoms with Crippen LogP contribution in [0.1, 0.15) is 51.9 Å². The number of rotatable bonds is 7. The summed E-state index contributed by atoms with van der Waals surface area (Å²) < 4.78 is 11.3. The summed E-state index contributed by atoms with van der Waals surface area (Å²) in [6.45, 7) is 4.06. The van der Waals surface area contributed by atoms with Gasteiger partial charge in [-0.15, -0.1) is 0 Å². The zero-order chi connectivity index (χ0) is 26.1. The minimum Gasteiger partial charge on any atom is -0.493 e. The van der Waals surface area contributed by atoms with Crippen molar-refractivity contribution >= 4 is 5.91 Å². The molecule has 0 radical (unpaired) electrons. The van der Waals surface area contributed by atoms with Crippen molar-refractivity contribution in [1.82, 2.24) is 15.1 Å². The van der Waals surface area contributed by atoms with Crippen LogP contribution in [0, 0.1) is 0 Å². The Labute approximate surface area is 225 Å². The number of hydrogen-bond acceptors (Lipinski definition) is 5. The lowest BCUT2D eigenvalue weighted by Crippen LogP contribution is -2.47. The molecular formula is C32H37N3O3. The predicted molar refractivity (Wildman–Crippen MR) is 149 cm³/mol. The van der Waals surface area contributed by atoms with Gasteiger partial charge in [-0.1, -0.05) is 48.5 Å². The fourth-order valence-electron chi connectivity index (χ4n) is 6.57. The third kappa shape index (κ3) is 4.91. The van der Waals surface area contributed by atoms with Crippen molar-refractivity contribution in [3.05, 3.63) is 94.0 Å². The Morgan fingerprint density at radius 1 is 0.842 bits per heavy atom.